The fourth-order valence-corrected chi connectivity index (χ4v) is 2.50. The Hall–Kier alpha value is -2.39. The first-order valence-corrected chi connectivity index (χ1v) is 6.69. The predicted octanol–water partition coefficient (Wildman–Crippen LogP) is 2.47. The zero-order valence-corrected chi connectivity index (χ0v) is 11.5. The standard InChI is InChI=1S/C17H18N3/c1-12-4-6-17(15(19)9-12)20-8-2-3-14-10-13(11-18)5-7-16(14)20/h2-10H,11,18-19H2,1H3/q+1. The predicted molar refractivity (Wildman–Crippen MR) is 82.5 cm³/mol. The van der Waals surface area contributed by atoms with Gasteiger partial charge in [0.2, 0.25) is 11.2 Å². The van der Waals surface area contributed by atoms with Crippen molar-refractivity contribution >= 4 is 16.6 Å². The molecule has 0 saturated carbocycles. The first-order chi connectivity index (χ1) is 9.69. The van der Waals surface area contributed by atoms with Crippen molar-refractivity contribution < 1.29 is 4.57 Å². The second-order valence-electron chi connectivity index (χ2n) is 5.04. The van der Waals surface area contributed by atoms with Crippen LogP contribution in [0.15, 0.2) is 54.7 Å². The summed E-state index contributed by atoms with van der Waals surface area (Å²) in [5.74, 6) is 0. The molecule has 0 radical (unpaired) electrons. The fourth-order valence-electron chi connectivity index (χ4n) is 2.50. The number of aryl methyl sites for hydroxylation is 1. The second-order valence-corrected chi connectivity index (χ2v) is 5.04. The number of rotatable bonds is 2. The van der Waals surface area contributed by atoms with Gasteiger partial charge >= 0.3 is 0 Å². The van der Waals surface area contributed by atoms with Gasteiger partial charge in [0.05, 0.1) is 0 Å². The zero-order valence-electron chi connectivity index (χ0n) is 11.5. The molecule has 3 rings (SSSR count). The maximum Gasteiger partial charge on any atom is 0.234 e. The number of benzene rings is 2. The average Bonchev–Trinajstić information content (AvgIpc) is 2.46. The smallest absolute Gasteiger partial charge is 0.234 e. The van der Waals surface area contributed by atoms with Crippen LogP contribution in [0.1, 0.15) is 11.1 Å². The van der Waals surface area contributed by atoms with Crippen molar-refractivity contribution in [3.05, 3.63) is 65.9 Å². The van der Waals surface area contributed by atoms with Gasteiger partial charge in [-0.1, -0.05) is 12.1 Å². The molecule has 0 unspecified atom stereocenters. The van der Waals surface area contributed by atoms with E-state index in [0.29, 0.717) is 6.54 Å². The normalized spacial score (nSPS) is 10.9. The highest BCUT2D eigenvalue weighted by molar-refractivity contribution is 5.77. The summed E-state index contributed by atoms with van der Waals surface area (Å²) >= 11 is 0. The van der Waals surface area contributed by atoms with Gasteiger partial charge in [-0.2, -0.15) is 4.57 Å². The second kappa shape index (κ2) is 4.94. The average molecular weight is 264 g/mol. The maximum absolute atomic E-state index is 6.16. The quantitative estimate of drug-likeness (QED) is 0.552. The molecule has 0 fully saturated rings. The topological polar surface area (TPSA) is 55.9 Å². The molecule has 20 heavy (non-hydrogen) atoms. The monoisotopic (exact) mass is 264 g/mol. The van der Waals surface area contributed by atoms with Gasteiger partial charge in [0.1, 0.15) is 5.69 Å². The van der Waals surface area contributed by atoms with Gasteiger partial charge in [-0.15, -0.1) is 0 Å². The number of pyridine rings is 1. The van der Waals surface area contributed by atoms with E-state index in [1.165, 1.54) is 0 Å². The van der Waals surface area contributed by atoms with Gasteiger partial charge in [0.15, 0.2) is 6.20 Å². The van der Waals surface area contributed by atoms with Crippen molar-refractivity contribution in [2.75, 3.05) is 5.73 Å². The van der Waals surface area contributed by atoms with Crippen molar-refractivity contribution in [1.82, 2.24) is 0 Å². The molecule has 2 aromatic carbocycles. The van der Waals surface area contributed by atoms with E-state index in [4.69, 9.17) is 11.5 Å². The van der Waals surface area contributed by atoms with Gasteiger partial charge in [0.25, 0.3) is 0 Å². The molecular formula is C17H18N3+. The Morgan fingerprint density at radius 2 is 1.90 bits per heavy atom. The lowest BCUT2D eigenvalue weighted by molar-refractivity contribution is -0.566. The van der Waals surface area contributed by atoms with E-state index in [1.807, 2.05) is 25.3 Å². The van der Waals surface area contributed by atoms with Crippen LogP contribution in [-0.2, 0) is 6.54 Å². The van der Waals surface area contributed by atoms with E-state index in [9.17, 15) is 0 Å². The summed E-state index contributed by atoms with van der Waals surface area (Å²) in [5, 5.41) is 1.16. The van der Waals surface area contributed by atoms with Crippen molar-refractivity contribution in [2.45, 2.75) is 13.5 Å². The molecule has 0 bridgehead atoms. The molecular weight excluding hydrogens is 246 g/mol. The molecule has 100 valence electrons. The summed E-state index contributed by atoms with van der Waals surface area (Å²) in [7, 11) is 0. The number of hydrogen-bond donors (Lipinski definition) is 2. The van der Waals surface area contributed by atoms with Crippen LogP contribution in [0.4, 0.5) is 5.69 Å². The van der Waals surface area contributed by atoms with Crippen molar-refractivity contribution in [2.24, 2.45) is 5.73 Å². The molecule has 0 aliphatic carbocycles. The lowest BCUT2D eigenvalue weighted by atomic mass is 10.1. The van der Waals surface area contributed by atoms with E-state index >= 15 is 0 Å². The molecule has 1 aromatic heterocycles. The third kappa shape index (κ3) is 2.12. The number of fused-ring (bicyclic) bond motifs is 1. The number of aromatic nitrogens is 1. The Balaban J connectivity index is 2.25. The third-order valence-corrected chi connectivity index (χ3v) is 3.54. The Bertz CT molecular complexity index is 778. The number of nitrogens with zero attached hydrogens (tertiary/aromatic N) is 1. The zero-order chi connectivity index (χ0) is 14.1. The van der Waals surface area contributed by atoms with Crippen LogP contribution < -0.4 is 16.0 Å². The van der Waals surface area contributed by atoms with Crippen molar-refractivity contribution in [1.29, 1.82) is 0 Å². The molecule has 0 amide bonds. The third-order valence-electron chi connectivity index (χ3n) is 3.54. The molecule has 0 atom stereocenters. The molecule has 3 heteroatoms. The van der Waals surface area contributed by atoms with E-state index in [-0.39, 0.29) is 0 Å². The molecule has 1 heterocycles. The van der Waals surface area contributed by atoms with Crippen LogP contribution in [0, 0.1) is 6.92 Å². The van der Waals surface area contributed by atoms with Crippen LogP contribution in [-0.4, -0.2) is 0 Å². The van der Waals surface area contributed by atoms with Gasteiger partial charge in [-0.25, -0.2) is 0 Å². The Kier molecular flexibility index (Phi) is 3.12. The van der Waals surface area contributed by atoms with Gasteiger partial charge in [0, 0.05) is 30.1 Å². The molecule has 3 nitrogen and oxygen atoms in total. The maximum atomic E-state index is 6.16. The molecule has 0 saturated heterocycles. The summed E-state index contributed by atoms with van der Waals surface area (Å²) in [5.41, 5.74) is 17.1. The largest absolute Gasteiger partial charge is 0.393 e. The highest BCUT2D eigenvalue weighted by atomic mass is 15.0. The van der Waals surface area contributed by atoms with E-state index < -0.39 is 0 Å². The van der Waals surface area contributed by atoms with Crippen molar-refractivity contribution in [3.8, 4) is 5.69 Å². The van der Waals surface area contributed by atoms with Crippen LogP contribution in [0.2, 0.25) is 0 Å². The Morgan fingerprint density at radius 1 is 1.05 bits per heavy atom. The Labute approximate surface area is 118 Å². The summed E-state index contributed by atoms with van der Waals surface area (Å²) < 4.78 is 2.12. The van der Waals surface area contributed by atoms with Crippen LogP contribution in [0.3, 0.4) is 0 Å². The number of hydrogen-bond acceptors (Lipinski definition) is 2. The SMILES string of the molecule is Cc1ccc(-[n+]2cccc3cc(CN)ccc32)c(N)c1. The number of anilines is 1. The van der Waals surface area contributed by atoms with Crippen molar-refractivity contribution in [3.63, 3.8) is 0 Å². The summed E-state index contributed by atoms with van der Waals surface area (Å²) in [6.45, 7) is 2.60. The van der Waals surface area contributed by atoms with Gasteiger partial charge in [-0.3, -0.25) is 0 Å². The van der Waals surface area contributed by atoms with Gasteiger partial charge < -0.3 is 11.5 Å². The van der Waals surface area contributed by atoms with E-state index in [2.05, 4.69) is 41.0 Å². The first-order valence-electron chi connectivity index (χ1n) is 6.69. The Morgan fingerprint density at radius 3 is 2.65 bits per heavy atom. The van der Waals surface area contributed by atoms with Crippen LogP contribution >= 0.6 is 0 Å². The minimum Gasteiger partial charge on any atom is -0.393 e. The molecule has 0 spiro atoms. The van der Waals surface area contributed by atoms with Crippen LogP contribution in [0.25, 0.3) is 16.6 Å². The minimum atomic E-state index is 0.553. The lowest BCUT2D eigenvalue weighted by Crippen LogP contribution is -2.32. The first kappa shape index (κ1) is 12.6. The number of nitrogen functional groups attached to an aromatic ring is 1. The lowest BCUT2D eigenvalue weighted by Gasteiger charge is -2.05. The molecule has 3 aromatic rings. The molecule has 4 N–H and O–H groups in total. The fraction of sp³-hybridized carbons (Fsp3) is 0.118. The highest BCUT2D eigenvalue weighted by Crippen LogP contribution is 2.18. The van der Waals surface area contributed by atoms with Gasteiger partial charge in [-0.05, 0) is 36.2 Å². The summed E-state index contributed by atoms with van der Waals surface area (Å²) in [6.07, 6.45) is 2.03. The molecule has 0 aliphatic rings. The van der Waals surface area contributed by atoms with E-state index in [1.54, 1.807) is 0 Å². The summed E-state index contributed by atoms with van der Waals surface area (Å²) in [6, 6.07) is 16.5. The van der Waals surface area contributed by atoms with E-state index in [0.717, 1.165) is 33.4 Å². The minimum absolute atomic E-state index is 0.553. The van der Waals surface area contributed by atoms with Crippen LogP contribution in [0.5, 0.6) is 0 Å². The summed E-state index contributed by atoms with van der Waals surface area (Å²) in [4.78, 5) is 0. The highest BCUT2D eigenvalue weighted by Gasteiger charge is 2.14. The molecule has 0 aliphatic heterocycles. The number of nitrogens with two attached hydrogens (primary N) is 2.